The van der Waals surface area contributed by atoms with Crippen LogP contribution in [0.4, 0.5) is 4.39 Å². The third kappa shape index (κ3) is 7.63. The molecule has 0 aliphatic heterocycles. The molecule has 1 rings (SSSR count). The number of amides is 1. The Morgan fingerprint density at radius 3 is 2.00 bits per heavy atom. The predicted molar refractivity (Wildman–Crippen MR) is 104 cm³/mol. The van der Waals surface area contributed by atoms with E-state index >= 15 is 0 Å². The molecular formula is C14H18FN7OS2. The fourth-order valence-electron chi connectivity index (χ4n) is 1.30. The van der Waals surface area contributed by atoms with Gasteiger partial charge in [-0.2, -0.15) is 10.2 Å². The van der Waals surface area contributed by atoms with Crippen LogP contribution in [0.25, 0.3) is 0 Å². The summed E-state index contributed by atoms with van der Waals surface area (Å²) in [6, 6.07) is 5.09. The van der Waals surface area contributed by atoms with Crippen molar-refractivity contribution < 1.29 is 9.18 Å². The molecule has 0 atom stereocenters. The summed E-state index contributed by atoms with van der Waals surface area (Å²) in [5, 5.41) is 11.2. The molecule has 0 unspecified atom stereocenters. The Labute approximate surface area is 155 Å². The first-order valence-electron chi connectivity index (χ1n) is 7.02. The lowest BCUT2D eigenvalue weighted by atomic mass is 10.2. The molecule has 134 valence electrons. The molecule has 0 saturated carbocycles. The smallest absolute Gasteiger partial charge is 0.269 e. The quantitative estimate of drug-likeness (QED) is 0.298. The van der Waals surface area contributed by atoms with Crippen LogP contribution in [0.1, 0.15) is 24.2 Å². The molecule has 5 N–H and O–H groups in total. The largest absolute Gasteiger partial charge is 0.364 e. The minimum atomic E-state index is -0.465. The molecule has 1 aromatic carbocycles. The van der Waals surface area contributed by atoms with E-state index in [1.165, 1.54) is 24.3 Å². The zero-order valence-electron chi connectivity index (χ0n) is 13.8. The highest BCUT2D eigenvalue weighted by atomic mass is 32.1. The number of hydrogen-bond donors (Lipinski definition) is 5. The van der Waals surface area contributed by atoms with Gasteiger partial charge in [0.15, 0.2) is 5.11 Å². The van der Waals surface area contributed by atoms with E-state index in [4.69, 9.17) is 24.4 Å². The number of rotatable bonds is 4. The molecule has 0 fully saturated rings. The predicted octanol–water partition coefficient (Wildman–Crippen LogP) is 0.780. The summed E-state index contributed by atoms with van der Waals surface area (Å²) < 4.78 is 12.8. The number of hydrazone groups is 2. The van der Waals surface area contributed by atoms with Crippen LogP contribution in [-0.4, -0.2) is 34.6 Å². The van der Waals surface area contributed by atoms with Crippen molar-refractivity contribution in [2.75, 3.05) is 7.05 Å². The van der Waals surface area contributed by atoms with Crippen LogP contribution in [0.2, 0.25) is 0 Å². The number of benzene rings is 1. The Hall–Kier alpha value is -2.66. The van der Waals surface area contributed by atoms with Gasteiger partial charge in [0, 0.05) is 12.6 Å². The van der Waals surface area contributed by atoms with E-state index in [-0.39, 0.29) is 10.7 Å². The molecule has 0 aliphatic rings. The molecule has 1 aromatic rings. The summed E-state index contributed by atoms with van der Waals surface area (Å²) in [4.78, 5) is 11.8. The first-order chi connectivity index (χ1) is 11.8. The average molecular weight is 382 g/mol. The fraction of sp³-hybridized carbons (Fsp3) is 0.214. The maximum atomic E-state index is 12.8. The molecule has 0 aliphatic carbocycles. The number of hydrazine groups is 1. The zero-order chi connectivity index (χ0) is 18.8. The number of carbonyl (C=O) groups excluding carboxylic acids is 1. The lowest BCUT2D eigenvalue weighted by molar-refractivity contribution is 0.0943. The summed E-state index contributed by atoms with van der Waals surface area (Å²) >= 11 is 9.88. The van der Waals surface area contributed by atoms with Crippen molar-refractivity contribution in [3.05, 3.63) is 35.6 Å². The van der Waals surface area contributed by atoms with Crippen LogP contribution in [0.5, 0.6) is 0 Å². The molecule has 11 heteroatoms. The Morgan fingerprint density at radius 1 is 0.960 bits per heavy atom. The maximum Gasteiger partial charge on any atom is 0.269 e. The molecule has 0 radical (unpaired) electrons. The van der Waals surface area contributed by atoms with Crippen LogP contribution in [0.3, 0.4) is 0 Å². The van der Waals surface area contributed by atoms with Crippen molar-refractivity contribution in [3.8, 4) is 0 Å². The molecular weight excluding hydrogens is 364 g/mol. The molecule has 0 spiro atoms. The fourth-order valence-corrected chi connectivity index (χ4v) is 1.44. The second kappa shape index (κ2) is 10.3. The Kier molecular flexibility index (Phi) is 8.36. The second-order valence-electron chi connectivity index (χ2n) is 4.61. The molecule has 0 heterocycles. The zero-order valence-corrected chi connectivity index (χ0v) is 15.4. The second-order valence-corrected chi connectivity index (χ2v) is 5.43. The highest BCUT2D eigenvalue weighted by Gasteiger charge is 2.05. The van der Waals surface area contributed by atoms with Gasteiger partial charge in [0.2, 0.25) is 5.11 Å². The third-order valence-corrected chi connectivity index (χ3v) is 3.29. The highest BCUT2D eigenvalue weighted by Crippen LogP contribution is 2.01. The standard InChI is InChI=1S/C14H18FN7OS2/c1-8(17-20-13(24)16-3)9(2)18-21-14(25)22-19-12(23)10-4-6-11(15)7-5-10/h4-7H,1-3H3,(H,19,23)(H2,16,20,24)(H2,21,22,25)/b17-8+,18-9+/i15-1. The van der Waals surface area contributed by atoms with Crippen LogP contribution >= 0.6 is 24.4 Å². The number of hydrogen-bond acceptors (Lipinski definition) is 5. The van der Waals surface area contributed by atoms with Gasteiger partial charge in [0.25, 0.3) is 5.91 Å². The number of nitrogens with zero attached hydrogens (tertiary/aromatic N) is 2. The summed E-state index contributed by atoms with van der Waals surface area (Å²) in [5.74, 6) is -0.888. The number of carbonyl (C=O) groups is 1. The summed E-state index contributed by atoms with van der Waals surface area (Å²) in [6.45, 7) is 3.45. The molecule has 1 amide bonds. The van der Waals surface area contributed by atoms with E-state index in [1.54, 1.807) is 20.9 Å². The van der Waals surface area contributed by atoms with Gasteiger partial charge in [-0.3, -0.25) is 26.5 Å². The summed E-state index contributed by atoms with van der Waals surface area (Å²) in [7, 11) is 1.67. The minimum Gasteiger partial charge on any atom is -0.364 e. The van der Waals surface area contributed by atoms with E-state index in [9.17, 15) is 9.18 Å². The van der Waals surface area contributed by atoms with Gasteiger partial charge >= 0.3 is 0 Å². The summed E-state index contributed by atoms with van der Waals surface area (Å²) in [5.41, 5.74) is 11.5. The van der Waals surface area contributed by atoms with Gasteiger partial charge in [-0.15, -0.1) is 0 Å². The molecule has 8 nitrogen and oxygen atoms in total. The van der Waals surface area contributed by atoms with Crippen LogP contribution < -0.4 is 27.0 Å². The van der Waals surface area contributed by atoms with Gasteiger partial charge in [-0.25, -0.2) is 4.39 Å². The van der Waals surface area contributed by atoms with E-state index in [0.717, 1.165) is 0 Å². The van der Waals surface area contributed by atoms with Crippen molar-refractivity contribution in [1.29, 1.82) is 0 Å². The lowest BCUT2D eigenvalue weighted by Crippen LogP contribution is -2.45. The van der Waals surface area contributed by atoms with Gasteiger partial charge in [-0.1, -0.05) is 0 Å². The van der Waals surface area contributed by atoms with Gasteiger partial charge < -0.3 is 5.32 Å². The van der Waals surface area contributed by atoms with Crippen LogP contribution in [-0.2, 0) is 0 Å². The van der Waals surface area contributed by atoms with Crippen molar-refractivity contribution in [2.24, 2.45) is 10.2 Å². The van der Waals surface area contributed by atoms with Crippen LogP contribution in [0.15, 0.2) is 34.5 Å². The molecule has 0 bridgehead atoms. The SMILES string of the molecule is CNC(=S)N/N=C(C)/C(C)=N/NC(=S)NNC(=O)c1ccc([18F])cc1. The van der Waals surface area contributed by atoms with Crippen LogP contribution in [0, 0.1) is 5.82 Å². The van der Waals surface area contributed by atoms with Crippen molar-refractivity contribution in [2.45, 2.75) is 13.8 Å². The molecule has 0 saturated heterocycles. The maximum absolute atomic E-state index is 12.8. The lowest BCUT2D eigenvalue weighted by Gasteiger charge is -2.09. The first kappa shape index (κ1) is 20.4. The van der Waals surface area contributed by atoms with Gasteiger partial charge in [-0.05, 0) is 62.5 Å². The normalized spacial score (nSPS) is 11.4. The minimum absolute atomic E-state index is 0.0707. The monoisotopic (exact) mass is 382 g/mol. The van der Waals surface area contributed by atoms with E-state index in [1.807, 2.05) is 0 Å². The third-order valence-electron chi connectivity index (χ3n) is 2.80. The summed E-state index contributed by atoms with van der Waals surface area (Å²) in [6.07, 6.45) is 0. The van der Waals surface area contributed by atoms with E-state index < -0.39 is 11.7 Å². The Bertz CT molecular complexity index is 704. The van der Waals surface area contributed by atoms with Crippen molar-refractivity contribution >= 4 is 52.0 Å². The van der Waals surface area contributed by atoms with E-state index in [0.29, 0.717) is 16.5 Å². The number of thiocarbonyl (C=S) groups is 2. The molecule has 0 aromatic heterocycles. The van der Waals surface area contributed by atoms with Gasteiger partial charge in [0.1, 0.15) is 5.82 Å². The van der Waals surface area contributed by atoms with E-state index in [2.05, 4.69) is 37.2 Å². The number of halogens is 1. The van der Waals surface area contributed by atoms with Crippen molar-refractivity contribution in [3.63, 3.8) is 0 Å². The Morgan fingerprint density at radius 2 is 1.48 bits per heavy atom. The Balaban J connectivity index is 2.46. The average Bonchev–Trinajstić information content (AvgIpc) is 2.62. The van der Waals surface area contributed by atoms with Gasteiger partial charge in [0.05, 0.1) is 11.4 Å². The highest BCUT2D eigenvalue weighted by molar-refractivity contribution is 7.80. The number of nitrogens with one attached hydrogen (secondary N) is 5. The first-order valence-corrected chi connectivity index (χ1v) is 7.83. The topological polar surface area (TPSA) is 102 Å². The van der Waals surface area contributed by atoms with Crippen molar-refractivity contribution in [1.82, 2.24) is 27.0 Å². The molecule has 25 heavy (non-hydrogen) atoms.